The Morgan fingerprint density at radius 2 is 1.88 bits per heavy atom. The summed E-state index contributed by atoms with van der Waals surface area (Å²) in [4.78, 5) is 24.3. The van der Waals surface area contributed by atoms with Gasteiger partial charge in [0.1, 0.15) is 11.9 Å². The molecule has 1 amide bonds. The Balaban J connectivity index is 0.00000312. The van der Waals surface area contributed by atoms with Gasteiger partial charge < -0.3 is 15.4 Å². The maximum Gasteiger partial charge on any atom is 0.269 e. The van der Waals surface area contributed by atoms with E-state index in [4.69, 9.17) is 10.5 Å². The minimum absolute atomic E-state index is 0. The molecule has 1 fully saturated rings. The van der Waals surface area contributed by atoms with Crippen LogP contribution in [0, 0.1) is 16.0 Å². The Morgan fingerprint density at radius 3 is 2.36 bits per heavy atom. The summed E-state index contributed by atoms with van der Waals surface area (Å²) in [5, 5.41) is 10.6. The number of halogens is 1. The third-order valence-electron chi connectivity index (χ3n) is 4.15. The summed E-state index contributed by atoms with van der Waals surface area (Å²) < 4.78 is 5.85. The third kappa shape index (κ3) is 6.17. The zero-order valence-electron chi connectivity index (χ0n) is 14.6. The number of hydrogen-bond acceptors (Lipinski definition) is 5. The molecule has 0 aromatic heterocycles. The number of nitrogens with zero attached hydrogens (tertiary/aromatic N) is 2. The molecule has 25 heavy (non-hydrogen) atoms. The first kappa shape index (κ1) is 21.2. The van der Waals surface area contributed by atoms with Gasteiger partial charge >= 0.3 is 0 Å². The van der Waals surface area contributed by atoms with Crippen molar-refractivity contribution in [3.05, 3.63) is 34.4 Å². The van der Waals surface area contributed by atoms with E-state index in [1.165, 1.54) is 12.1 Å². The van der Waals surface area contributed by atoms with Gasteiger partial charge in [-0.2, -0.15) is 0 Å². The second kappa shape index (κ2) is 9.58. The van der Waals surface area contributed by atoms with Gasteiger partial charge in [-0.1, -0.05) is 13.8 Å². The highest BCUT2D eigenvalue weighted by atomic mass is 35.5. The Kier molecular flexibility index (Phi) is 8.12. The third-order valence-corrected chi connectivity index (χ3v) is 4.15. The predicted octanol–water partition coefficient (Wildman–Crippen LogP) is 2.76. The van der Waals surface area contributed by atoms with E-state index in [0.717, 1.165) is 12.8 Å². The lowest BCUT2D eigenvalue weighted by molar-refractivity contribution is -0.384. The van der Waals surface area contributed by atoms with Crippen LogP contribution < -0.4 is 10.5 Å². The van der Waals surface area contributed by atoms with Gasteiger partial charge in [0.15, 0.2) is 0 Å². The molecule has 0 bridgehead atoms. The molecular formula is C17H26ClN3O4. The van der Waals surface area contributed by atoms with Crippen LogP contribution in [0.4, 0.5) is 5.69 Å². The van der Waals surface area contributed by atoms with Gasteiger partial charge in [-0.25, -0.2) is 0 Å². The minimum Gasteiger partial charge on any atom is -0.490 e. The molecule has 8 heteroatoms. The van der Waals surface area contributed by atoms with Gasteiger partial charge in [-0.3, -0.25) is 14.9 Å². The standard InChI is InChI=1S/C17H25N3O4.ClH/c1-12(2)11-16(18)17(21)19-9-7-15(8-10-19)24-14-5-3-13(4-6-14)20(22)23;/h3-6,12,15-16H,7-11,18H2,1-2H3;1H/t16-;/m0./s1. The number of carbonyl (C=O) groups excluding carboxylic acids is 1. The summed E-state index contributed by atoms with van der Waals surface area (Å²) in [5.41, 5.74) is 6.01. The van der Waals surface area contributed by atoms with Crippen LogP contribution >= 0.6 is 12.4 Å². The van der Waals surface area contributed by atoms with Crippen LogP contribution in [-0.4, -0.2) is 41.0 Å². The van der Waals surface area contributed by atoms with Crippen LogP contribution in [0.5, 0.6) is 5.75 Å². The summed E-state index contributed by atoms with van der Waals surface area (Å²) in [6.45, 7) is 5.36. The number of hydrogen-bond donors (Lipinski definition) is 1. The Morgan fingerprint density at radius 1 is 1.32 bits per heavy atom. The summed E-state index contributed by atoms with van der Waals surface area (Å²) in [5.74, 6) is 1.02. The van der Waals surface area contributed by atoms with E-state index < -0.39 is 11.0 Å². The molecule has 0 saturated carbocycles. The molecule has 140 valence electrons. The lowest BCUT2D eigenvalue weighted by atomic mass is 10.0. The molecule has 1 heterocycles. The zero-order valence-corrected chi connectivity index (χ0v) is 15.4. The monoisotopic (exact) mass is 371 g/mol. The van der Waals surface area contributed by atoms with Crippen molar-refractivity contribution in [1.29, 1.82) is 0 Å². The van der Waals surface area contributed by atoms with Gasteiger partial charge in [0, 0.05) is 38.1 Å². The van der Waals surface area contributed by atoms with Crippen LogP contribution in [0.1, 0.15) is 33.1 Å². The van der Waals surface area contributed by atoms with E-state index in [1.54, 1.807) is 12.1 Å². The van der Waals surface area contributed by atoms with Crippen LogP contribution in [0.15, 0.2) is 24.3 Å². The molecule has 2 N–H and O–H groups in total. The number of benzene rings is 1. The van der Waals surface area contributed by atoms with Crippen molar-refractivity contribution in [3.63, 3.8) is 0 Å². The fourth-order valence-electron chi connectivity index (χ4n) is 2.88. The van der Waals surface area contributed by atoms with E-state index >= 15 is 0 Å². The molecule has 1 aliphatic heterocycles. The molecule has 2 rings (SSSR count). The average molecular weight is 372 g/mol. The largest absolute Gasteiger partial charge is 0.490 e. The molecule has 0 radical (unpaired) electrons. The smallest absolute Gasteiger partial charge is 0.269 e. The molecule has 1 atom stereocenters. The highest BCUT2D eigenvalue weighted by molar-refractivity contribution is 5.85. The number of amides is 1. The van der Waals surface area contributed by atoms with Gasteiger partial charge in [-0.05, 0) is 24.5 Å². The van der Waals surface area contributed by atoms with E-state index in [-0.39, 0.29) is 30.1 Å². The first-order valence-electron chi connectivity index (χ1n) is 8.32. The molecule has 0 aliphatic carbocycles. The fourth-order valence-corrected chi connectivity index (χ4v) is 2.88. The second-order valence-corrected chi connectivity index (χ2v) is 6.63. The number of likely N-dealkylation sites (tertiary alicyclic amines) is 1. The molecule has 1 saturated heterocycles. The van der Waals surface area contributed by atoms with E-state index in [2.05, 4.69) is 13.8 Å². The fraction of sp³-hybridized carbons (Fsp3) is 0.588. The first-order valence-corrected chi connectivity index (χ1v) is 8.32. The topological polar surface area (TPSA) is 98.7 Å². The number of nitro benzene ring substituents is 1. The van der Waals surface area contributed by atoms with Gasteiger partial charge in [0.2, 0.25) is 5.91 Å². The van der Waals surface area contributed by atoms with E-state index in [1.807, 2.05) is 4.90 Å². The van der Waals surface area contributed by atoms with E-state index in [9.17, 15) is 14.9 Å². The molecule has 1 aliphatic rings. The quantitative estimate of drug-likeness (QED) is 0.612. The Labute approximate surface area is 154 Å². The van der Waals surface area contributed by atoms with Crippen LogP contribution in [0.25, 0.3) is 0 Å². The summed E-state index contributed by atoms with van der Waals surface area (Å²) in [7, 11) is 0. The molecule has 1 aromatic carbocycles. The maximum absolute atomic E-state index is 12.3. The van der Waals surface area contributed by atoms with Gasteiger partial charge in [-0.15, -0.1) is 12.4 Å². The number of carbonyl (C=O) groups is 1. The summed E-state index contributed by atoms with van der Waals surface area (Å²) in [6.07, 6.45) is 2.17. The lowest BCUT2D eigenvalue weighted by Crippen LogP contribution is -2.49. The van der Waals surface area contributed by atoms with Crippen molar-refractivity contribution < 1.29 is 14.5 Å². The van der Waals surface area contributed by atoms with E-state index in [0.29, 0.717) is 31.2 Å². The molecular weight excluding hydrogens is 346 g/mol. The predicted molar refractivity (Wildman–Crippen MR) is 98.0 cm³/mol. The van der Waals surface area contributed by atoms with Crippen LogP contribution in [-0.2, 0) is 4.79 Å². The lowest BCUT2D eigenvalue weighted by Gasteiger charge is -2.33. The van der Waals surface area contributed by atoms with Gasteiger partial charge in [0.25, 0.3) is 5.69 Å². The Hall–Kier alpha value is -1.86. The number of rotatable bonds is 6. The highest BCUT2D eigenvalue weighted by Crippen LogP contribution is 2.22. The molecule has 0 spiro atoms. The van der Waals surface area contributed by atoms with Crippen molar-refractivity contribution in [1.82, 2.24) is 4.90 Å². The van der Waals surface area contributed by atoms with Crippen molar-refractivity contribution in [3.8, 4) is 5.75 Å². The zero-order chi connectivity index (χ0) is 17.7. The molecule has 1 aromatic rings. The normalized spacial score (nSPS) is 16.2. The van der Waals surface area contributed by atoms with Crippen LogP contribution in [0.3, 0.4) is 0 Å². The average Bonchev–Trinajstić information content (AvgIpc) is 2.54. The maximum atomic E-state index is 12.3. The number of nitrogens with two attached hydrogens (primary N) is 1. The van der Waals surface area contributed by atoms with Crippen molar-refractivity contribution in [2.45, 2.75) is 45.3 Å². The number of ether oxygens (including phenoxy) is 1. The molecule has 0 unspecified atom stereocenters. The summed E-state index contributed by atoms with van der Waals surface area (Å²) in [6, 6.07) is 5.64. The summed E-state index contributed by atoms with van der Waals surface area (Å²) >= 11 is 0. The van der Waals surface area contributed by atoms with Crippen molar-refractivity contribution >= 4 is 24.0 Å². The minimum atomic E-state index is -0.436. The highest BCUT2D eigenvalue weighted by Gasteiger charge is 2.27. The van der Waals surface area contributed by atoms with Crippen LogP contribution in [0.2, 0.25) is 0 Å². The number of nitro groups is 1. The number of non-ortho nitro benzene ring substituents is 1. The molecule has 7 nitrogen and oxygen atoms in total. The van der Waals surface area contributed by atoms with Crippen molar-refractivity contribution in [2.75, 3.05) is 13.1 Å². The first-order chi connectivity index (χ1) is 11.4. The Bertz CT molecular complexity index is 572. The van der Waals surface area contributed by atoms with Crippen molar-refractivity contribution in [2.24, 2.45) is 11.7 Å². The number of piperidine rings is 1. The SMILES string of the molecule is CC(C)C[C@H](N)C(=O)N1CCC(Oc2ccc([N+](=O)[O-])cc2)CC1.Cl. The van der Waals surface area contributed by atoms with Gasteiger partial charge in [0.05, 0.1) is 11.0 Å². The second-order valence-electron chi connectivity index (χ2n) is 6.63.